The smallest absolute Gasteiger partial charge is 0.164 e. The zero-order valence-electron chi connectivity index (χ0n) is 11.7. The molecule has 1 N–H and O–H groups in total. The molecule has 1 heterocycles. The summed E-state index contributed by atoms with van der Waals surface area (Å²) in [6.45, 7) is 2.05. The van der Waals surface area contributed by atoms with Gasteiger partial charge in [0.15, 0.2) is 5.84 Å². The number of nitrogens with zero attached hydrogens (tertiary/aromatic N) is 2. The molecule has 1 aliphatic carbocycles. The highest BCUT2D eigenvalue weighted by atomic mass is 35.5. The molecule has 106 valence electrons. The first kappa shape index (κ1) is 13.8. The van der Waals surface area contributed by atoms with Gasteiger partial charge in [-0.1, -0.05) is 41.5 Å². The van der Waals surface area contributed by atoms with Crippen molar-refractivity contribution in [3.63, 3.8) is 0 Å². The number of rotatable bonds is 1. The lowest BCUT2D eigenvalue weighted by Gasteiger charge is -2.05. The van der Waals surface area contributed by atoms with Gasteiger partial charge in [0.05, 0.1) is 11.3 Å². The van der Waals surface area contributed by atoms with E-state index < -0.39 is 0 Å². The number of para-hydroxylation sites is 1. The fourth-order valence-corrected chi connectivity index (χ4v) is 2.58. The monoisotopic (exact) mass is 298 g/mol. The number of allylic oxidation sites excluding steroid dienone is 5. The Kier molecular flexibility index (Phi) is 3.76. The molecule has 0 fully saturated rings. The zero-order chi connectivity index (χ0) is 14.8. The first-order valence-electron chi connectivity index (χ1n) is 6.81. The van der Waals surface area contributed by atoms with Gasteiger partial charge in [-0.25, -0.2) is 9.98 Å². The van der Waals surface area contributed by atoms with Crippen LogP contribution in [-0.2, 0) is 0 Å². The number of aromatic hydroxyl groups is 1. The van der Waals surface area contributed by atoms with Crippen LogP contribution in [0.4, 0.5) is 0 Å². The van der Waals surface area contributed by atoms with Gasteiger partial charge in [0.2, 0.25) is 0 Å². The molecule has 0 aromatic heterocycles. The van der Waals surface area contributed by atoms with Crippen LogP contribution < -0.4 is 0 Å². The van der Waals surface area contributed by atoms with E-state index in [4.69, 9.17) is 11.6 Å². The number of hydrogen-bond donors (Lipinski definition) is 1. The van der Waals surface area contributed by atoms with E-state index in [-0.39, 0.29) is 5.75 Å². The number of phenolic OH excluding ortho intramolecular Hbond substituents is 1. The van der Waals surface area contributed by atoms with Crippen LogP contribution in [0.25, 0.3) is 0 Å². The molecule has 1 aromatic rings. The van der Waals surface area contributed by atoms with Gasteiger partial charge in [0.25, 0.3) is 0 Å². The van der Waals surface area contributed by atoms with Gasteiger partial charge in [0.1, 0.15) is 10.9 Å². The molecule has 1 aromatic carbocycles. The molecule has 3 nitrogen and oxygen atoms in total. The third kappa shape index (κ3) is 2.98. The van der Waals surface area contributed by atoms with Gasteiger partial charge in [-0.05, 0) is 37.1 Å². The van der Waals surface area contributed by atoms with Crippen molar-refractivity contribution in [2.24, 2.45) is 9.98 Å². The minimum atomic E-state index is 0.151. The van der Waals surface area contributed by atoms with E-state index in [2.05, 4.69) is 22.1 Å². The highest BCUT2D eigenvalue weighted by Crippen LogP contribution is 2.28. The van der Waals surface area contributed by atoms with Crippen LogP contribution in [0.1, 0.15) is 25.3 Å². The molecular weight excluding hydrogens is 284 g/mol. The second-order valence-electron chi connectivity index (χ2n) is 5.06. The maximum absolute atomic E-state index is 10.0. The van der Waals surface area contributed by atoms with E-state index in [1.807, 2.05) is 19.1 Å². The summed E-state index contributed by atoms with van der Waals surface area (Å²) in [5.41, 5.74) is 3.68. The van der Waals surface area contributed by atoms with Gasteiger partial charge < -0.3 is 5.11 Å². The molecule has 1 aliphatic heterocycles. The Morgan fingerprint density at radius 1 is 1.14 bits per heavy atom. The van der Waals surface area contributed by atoms with Crippen LogP contribution in [0.5, 0.6) is 5.75 Å². The third-order valence-electron chi connectivity index (χ3n) is 3.43. The second-order valence-corrected chi connectivity index (χ2v) is 5.50. The van der Waals surface area contributed by atoms with E-state index in [1.165, 1.54) is 0 Å². The predicted molar refractivity (Wildman–Crippen MR) is 87.1 cm³/mol. The van der Waals surface area contributed by atoms with Crippen LogP contribution >= 0.6 is 11.6 Å². The summed E-state index contributed by atoms with van der Waals surface area (Å²) in [6, 6.07) is 7.02. The Morgan fingerprint density at radius 2 is 1.95 bits per heavy atom. The summed E-state index contributed by atoms with van der Waals surface area (Å²) in [6.07, 6.45) is 7.73. The Balaban J connectivity index is 2.15. The average molecular weight is 299 g/mol. The lowest BCUT2D eigenvalue weighted by atomic mass is 10.1. The van der Waals surface area contributed by atoms with Crippen LogP contribution in [0.3, 0.4) is 0 Å². The molecule has 0 amide bonds. The number of benzene rings is 1. The molecule has 4 heteroatoms. The van der Waals surface area contributed by atoms with Gasteiger partial charge in [-0.2, -0.15) is 0 Å². The summed E-state index contributed by atoms with van der Waals surface area (Å²) in [5, 5.41) is 10.5. The van der Waals surface area contributed by atoms with Crippen LogP contribution in [0, 0.1) is 0 Å². The number of halogens is 1. The maximum Gasteiger partial charge on any atom is 0.164 e. The lowest BCUT2D eigenvalue weighted by Crippen LogP contribution is -1.99. The van der Waals surface area contributed by atoms with E-state index in [0.29, 0.717) is 23.0 Å². The van der Waals surface area contributed by atoms with Crippen molar-refractivity contribution in [3.05, 3.63) is 64.9 Å². The number of aliphatic imine (C=N–C) groups is 2. The molecule has 2 aliphatic rings. The highest BCUT2D eigenvalue weighted by molar-refractivity contribution is 6.66. The Labute approximate surface area is 128 Å². The normalized spacial score (nSPS) is 18.3. The summed E-state index contributed by atoms with van der Waals surface area (Å²) in [4.78, 5) is 8.98. The first-order chi connectivity index (χ1) is 10.1. The largest absolute Gasteiger partial charge is 0.507 e. The van der Waals surface area contributed by atoms with E-state index >= 15 is 0 Å². The van der Waals surface area contributed by atoms with Gasteiger partial charge >= 0.3 is 0 Å². The molecular formula is C17H15ClN2O. The summed E-state index contributed by atoms with van der Waals surface area (Å²) < 4.78 is 0. The van der Waals surface area contributed by atoms with E-state index in [1.54, 1.807) is 18.2 Å². The quantitative estimate of drug-likeness (QED) is 0.823. The average Bonchev–Trinajstić information content (AvgIpc) is 2.69. The van der Waals surface area contributed by atoms with Gasteiger partial charge in [-0.3, -0.25) is 0 Å². The molecule has 21 heavy (non-hydrogen) atoms. The van der Waals surface area contributed by atoms with Crippen LogP contribution in [0.15, 0.2) is 69.3 Å². The lowest BCUT2D eigenvalue weighted by molar-refractivity contribution is 0.474. The fourth-order valence-electron chi connectivity index (χ4n) is 2.36. The number of phenols is 1. The second kappa shape index (κ2) is 5.70. The molecule has 0 unspecified atom stereocenters. The van der Waals surface area contributed by atoms with Crippen molar-refractivity contribution < 1.29 is 5.11 Å². The summed E-state index contributed by atoms with van der Waals surface area (Å²) in [5.74, 6) is 0.598. The minimum absolute atomic E-state index is 0.151. The predicted octanol–water partition coefficient (Wildman–Crippen LogP) is 4.34. The van der Waals surface area contributed by atoms with Crippen molar-refractivity contribution in [1.29, 1.82) is 0 Å². The Morgan fingerprint density at radius 3 is 2.76 bits per heavy atom. The van der Waals surface area contributed by atoms with E-state index in [0.717, 1.165) is 23.3 Å². The van der Waals surface area contributed by atoms with Crippen LogP contribution in [-0.4, -0.2) is 16.1 Å². The Bertz CT molecular complexity index is 739. The first-order valence-corrected chi connectivity index (χ1v) is 7.19. The standard InChI is InChI=1S/C17H15ClN2O/c1-11-5-4-6-12-10-16(18)20-17(19-14(12)9-11)13-7-2-3-8-15(13)21/h2-3,5-9,21H,4,10H2,1H3. The van der Waals surface area contributed by atoms with Gasteiger partial charge in [0, 0.05) is 6.42 Å². The Hall–Kier alpha value is -2.13. The topological polar surface area (TPSA) is 45.0 Å². The van der Waals surface area contributed by atoms with Crippen LogP contribution in [0.2, 0.25) is 0 Å². The van der Waals surface area contributed by atoms with Crippen molar-refractivity contribution >= 4 is 22.6 Å². The molecule has 0 radical (unpaired) electrons. The number of fused-ring (bicyclic) bond motifs is 1. The molecule has 0 spiro atoms. The van der Waals surface area contributed by atoms with Crippen molar-refractivity contribution in [2.45, 2.75) is 19.8 Å². The molecule has 0 atom stereocenters. The third-order valence-corrected chi connectivity index (χ3v) is 3.65. The number of hydrogen-bond acceptors (Lipinski definition) is 3. The van der Waals surface area contributed by atoms with Crippen molar-refractivity contribution in [2.75, 3.05) is 0 Å². The SMILES string of the molecule is CC1=CCC=C2CC(Cl)=NC(c3ccccc3O)=NC2=C1. The number of amidine groups is 1. The molecule has 0 bridgehead atoms. The molecule has 0 saturated heterocycles. The highest BCUT2D eigenvalue weighted by Gasteiger charge is 2.17. The summed E-state index contributed by atoms with van der Waals surface area (Å²) in [7, 11) is 0. The van der Waals surface area contributed by atoms with E-state index in [9.17, 15) is 5.11 Å². The van der Waals surface area contributed by atoms with Gasteiger partial charge in [-0.15, -0.1) is 0 Å². The zero-order valence-corrected chi connectivity index (χ0v) is 12.4. The minimum Gasteiger partial charge on any atom is -0.507 e. The van der Waals surface area contributed by atoms with Crippen molar-refractivity contribution in [3.8, 4) is 5.75 Å². The fraction of sp³-hybridized carbons (Fsp3) is 0.176. The molecule has 3 rings (SSSR count). The summed E-state index contributed by atoms with van der Waals surface area (Å²) >= 11 is 6.23. The molecule has 0 saturated carbocycles. The maximum atomic E-state index is 10.0. The van der Waals surface area contributed by atoms with Crippen molar-refractivity contribution in [1.82, 2.24) is 0 Å².